The average Bonchev–Trinajstić information content (AvgIpc) is 2.67. The number of carboxylic acids is 1. The van der Waals surface area contributed by atoms with Crippen LogP contribution in [0.5, 0.6) is 0 Å². The molecule has 0 bridgehead atoms. The van der Waals surface area contributed by atoms with Gasteiger partial charge in [0.2, 0.25) is 0 Å². The molecule has 0 saturated carbocycles. The lowest BCUT2D eigenvalue weighted by Gasteiger charge is -2.28. The third-order valence-corrected chi connectivity index (χ3v) is 3.07. The smallest absolute Gasteiger partial charge is 0.317 e. The van der Waals surface area contributed by atoms with Gasteiger partial charge in [-0.25, -0.2) is 0 Å². The molecule has 1 saturated heterocycles. The van der Waals surface area contributed by atoms with Gasteiger partial charge in [-0.2, -0.15) is 0 Å². The van der Waals surface area contributed by atoms with Crippen molar-refractivity contribution in [1.82, 2.24) is 4.90 Å². The standard InChI is InChI=1S/C11H21NO3/c1-3-9(2)12(7-11(13)14)6-10-4-5-15-8-10/h9-10H,3-8H2,1-2H3,(H,13,14). The quantitative estimate of drug-likeness (QED) is 0.723. The number of carboxylic acid groups (broad SMARTS) is 1. The van der Waals surface area contributed by atoms with Crippen LogP contribution in [0.15, 0.2) is 0 Å². The Morgan fingerprint density at radius 2 is 2.40 bits per heavy atom. The lowest BCUT2D eigenvalue weighted by molar-refractivity contribution is -0.139. The molecule has 2 atom stereocenters. The first-order chi connectivity index (χ1) is 7.13. The molecular weight excluding hydrogens is 194 g/mol. The van der Waals surface area contributed by atoms with Crippen molar-refractivity contribution in [3.05, 3.63) is 0 Å². The molecule has 1 aliphatic heterocycles. The van der Waals surface area contributed by atoms with Gasteiger partial charge in [-0.15, -0.1) is 0 Å². The Bertz CT molecular complexity index is 202. The van der Waals surface area contributed by atoms with E-state index in [0.717, 1.165) is 32.6 Å². The first-order valence-corrected chi connectivity index (χ1v) is 5.67. The van der Waals surface area contributed by atoms with Gasteiger partial charge in [0.25, 0.3) is 0 Å². The Labute approximate surface area is 91.2 Å². The second-order valence-electron chi connectivity index (χ2n) is 4.31. The first-order valence-electron chi connectivity index (χ1n) is 5.67. The van der Waals surface area contributed by atoms with Gasteiger partial charge in [-0.1, -0.05) is 6.92 Å². The van der Waals surface area contributed by atoms with Crippen LogP contribution >= 0.6 is 0 Å². The van der Waals surface area contributed by atoms with E-state index in [0.29, 0.717) is 12.0 Å². The van der Waals surface area contributed by atoms with Crippen LogP contribution in [0.4, 0.5) is 0 Å². The van der Waals surface area contributed by atoms with Crippen LogP contribution in [-0.4, -0.2) is 48.3 Å². The van der Waals surface area contributed by atoms with E-state index in [-0.39, 0.29) is 6.54 Å². The maximum Gasteiger partial charge on any atom is 0.317 e. The van der Waals surface area contributed by atoms with E-state index in [1.165, 1.54) is 0 Å². The molecule has 0 aromatic carbocycles. The van der Waals surface area contributed by atoms with Crippen molar-refractivity contribution in [3.8, 4) is 0 Å². The lowest BCUT2D eigenvalue weighted by atomic mass is 10.1. The molecule has 4 nitrogen and oxygen atoms in total. The molecule has 0 spiro atoms. The second-order valence-corrected chi connectivity index (χ2v) is 4.31. The molecule has 88 valence electrons. The van der Waals surface area contributed by atoms with Crippen LogP contribution in [0.2, 0.25) is 0 Å². The zero-order valence-corrected chi connectivity index (χ0v) is 9.61. The predicted octanol–water partition coefficient (Wildman–Crippen LogP) is 1.21. The Kier molecular flexibility index (Phi) is 5.05. The third-order valence-electron chi connectivity index (χ3n) is 3.07. The first kappa shape index (κ1) is 12.5. The van der Waals surface area contributed by atoms with E-state index in [4.69, 9.17) is 9.84 Å². The van der Waals surface area contributed by atoms with Crippen LogP contribution in [0.3, 0.4) is 0 Å². The lowest BCUT2D eigenvalue weighted by Crippen LogP contribution is -2.40. The molecular formula is C11H21NO3. The monoisotopic (exact) mass is 215 g/mol. The number of aliphatic carboxylic acids is 1. The summed E-state index contributed by atoms with van der Waals surface area (Å²) in [4.78, 5) is 12.8. The number of ether oxygens (including phenoxy) is 1. The summed E-state index contributed by atoms with van der Waals surface area (Å²) < 4.78 is 5.30. The van der Waals surface area contributed by atoms with Crippen molar-refractivity contribution in [2.75, 3.05) is 26.3 Å². The SMILES string of the molecule is CCC(C)N(CC(=O)O)CC1CCOC1. The molecule has 0 radical (unpaired) electrons. The molecule has 1 N–H and O–H groups in total. The minimum atomic E-state index is -0.741. The van der Waals surface area contributed by atoms with Crippen LogP contribution in [0.1, 0.15) is 26.7 Å². The fraction of sp³-hybridized carbons (Fsp3) is 0.909. The van der Waals surface area contributed by atoms with Crippen LogP contribution in [0, 0.1) is 5.92 Å². The highest BCUT2D eigenvalue weighted by Crippen LogP contribution is 2.16. The van der Waals surface area contributed by atoms with E-state index in [1.54, 1.807) is 0 Å². The fourth-order valence-corrected chi connectivity index (χ4v) is 1.89. The summed E-state index contributed by atoms with van der Waals surface area (Å²) in [5.74, 6) is -0.229. The van der Waals surface area contributed by atoms with Crippen LogP contribution in [-0.2, 0) is 9.53 Å². The minimum Gasteiger partial charge on any atom is -0.480 e. The Hall–Kier alpha value is -0.610. The van der Waals surface area contributed by atoms with Gasteiger partial charge in [0.05, 0.1) is 13.2 Å². The number of nitrogens with zero attached hydrogens (tertiary/aromatic N) is 1. The van der Waals surface area contributed by atoms with Gasteiger partial charge in [-0.05, 0) is 25.7 Å². The molecule has 0 aromatic heterocycles. The highest BCUT2D eigenvalue weighted by atomic mass is 16.5. The average molecular weight is 215 g/mol. The van der Waals surface area contributed by atoms with Crippen molar-refractivity contribution in [2.24, 2.45) is 5.92 Å². The van der Waals surface area contributed by atoms with Crippen molar-refractivity contribution < 1.29 is 14.6 Å². The highest BCUT2D eigenvalue weighted by molar-refractivity contribution is 5.69. The van der Waals surface area contributed by atoms with Gasteiger partial charge >= 0.3 is 5.97 Å². The maximum absolute atomic E-state index is 10.7. The molecule has 0 aromatic rings. The zero-order valence-electron chi connectivity index (χ0n) is 9.61. The topological polar surface area (TPSA) is 49.8 Å². The second kappa shape index (κ2) is 6.08. The molecule has 1 fully saturated rings. The van der Waals surface area contributed by atoms with Crippen molar-refractivity contribution in [2.45, 2.75) is 32.7 Å². The Morgan fingerprint density at radius 3 is 2.87 bits per heavy atom. The Morgan fingerprint density at radius 1 is 1.67 bits per heavy atom. The molecule has 0 aliphatic carbocycles. The number of carbonyl (C=O) groups is 1. The normalized spacial score (nSPS) is 23.3. The fourth-order valence-electron chi connectivity index (χ4n) is 1.89. The zero-order chi connectivity index (χ0) is 11.3. The number of hydrogen-bond donors (Lipinski definition) is 1. The molecule has 1 heterocycles. The maximum atomic E-state index is 10.7. The van der Waals surface area contributed by atoms with Gasteiger partial charge in [0.1, 0.15) is 0 Å². The molecule has 1 rings (SSSR count). The summed E-state index contributed by atoms with van der Waals surface area (Å²) in [6.45, 7) is 6.77. The molecule has 4 heteroatoms. The summed E-state index contributed by atoms with van der Waals surface area (Å²) in [6, 6.07) is 0.335. The summed E-state index contributed by atoms with van der Waals surface area (Å²) in [5.41, 5.74) is 0. The van der Waals surface area contributed by atoms with Gasteiger partial charge in [0.15, 0.2) is 0 Å². The van der Waals surface area contributed by atoms with Gasteiger partial charge in [0, 0.05) is 19.2 Å². The predicted molar refractivity (Wildman–Crippen MR) is 57.9 cm³/mol. The minimum absolute atomic E-state index is 0.144. The number of hydrogen-bond acceptors (Lipinski definition) is 3. The van der Waals surface area contributed by atoms with E-state index < -0.39 is 5.97 Å². The highest BCUT2D eigenvalue weighted by Gasteiger charge is 2.23. The molecule has 15 heavy (non-hydrogen) atoms. The summed E-state index contributed by atoms with van der Waals surface area (Å²) in [7, 11) is 0. The Balaban J connectivity index is 2.43. The summed E-state index contributed by atoms with van der Waals surface area (Å²) >= 11 is 0. The summed E-state index contributed by atoms with van der Waals surface area (Å²) in [6.07, 6.45) is 2.05. The van der Waals surface area contributed by atoms with E-state index in [1.807, 2.05) is 4.90 Å². The van der Waals surface area contributed by atoms with Crippen LogP contribution < -0.4 is 0 Å². The third kappa shape index (κ3) is 4.18. The van der Waals surface area contributed by atoms with Gasteiger partial charge in [-0.3, -0.25) is 9.69 Å². The van der Waals surface area contributed by atoms with E-state index >= 15 is 0 Å². The summed E-state index contributed by atoms with van der Waals surface area (Å²) in [5, 5.41) is 8.83. The molecule has 1 aliphatic rings. The van der Waals surface area contributed by atoms with Crippen molar-refractivity contribution in [3.63, 3.8) is 0 Å². The van der Waals surface area contributed by atoms with E-state index in [2.05, 4.69) is 13.8 Å². The van der Waals surface area contributed by atoms with Crippen LogP contribution in [0.25, 0.3) is 0 Å². The molecule has 0 amide bonds. The van der Waals surface area contributed by atoms with Crippen molar-refractivity contribution >= 4 is 5.97 Å². The van der Waals surface area contributed by atoms with E-state index in [9.17, 15) is 4.79 Å². The largest absolute Gasteiger partial charge is 0.480 e. The number of rotatable bonds is 6. The molecule has 2 unspecified atom stereocenters. The van der Waals surface area contributed by atoms with Crippen molar-refractivity contribution in [1.29, 1.82) is 0 Å². The van der Waals surface area contributed by atoms with Gasteiger partial charge < -0.3 is 9.84 Å².